The first-order valence-corrected chi connectivity index (χ1v) is 14.8. The molecule has 1 unspecified atom stereocenters. The second-order valence-electron chi connectivity index (χ2n) is 11.8. The minimum atomic E-state index is -1.41. The van der Waals surface area contributed by atoms with E-state index in [2.05, 4.69) is 10.3 Å². The van der Waals surface area contributed by atoms with Crippen LogP contribution in [-0.4, -0.2) is 90.6 Å². The van der Waals surface area contributed by atoms with Crippen molar-refractivity contribution in [1.29, 1.82) is 0 Å². The number of aromatic nitrogens is 3. The van der Waals surface area contributed by atoms with Gasteiger partial charge in [0.1, 0.15) is 23.8 Å². The molecule has 2 fully saturated rings. The molecule has 11 nitrogen and oxygen atoms in total. The topological polar surface area (TPSA) is 121 Å². The summed E-state index contributed by atoms with van der Waals surface area (Å²) in [6, 6.07) is 15.1. The van der Waals surface area contributed by atoms with Crippen molar-refractivity contribution in [3.63, 3.8) is 0 Å². The van der Waals surface area contributed by atoms with E-state index in [1.165, 1.54) is 4.90 Å². The first kappa shape index (κ1) is 27.5. The normalized spacial score (nSPS) is 30.8. The van der Waals surface area contributed by atoms with Crippen LogP contribution in [0, 0.1) is 11.8 Å². The van der Waals surface area contributed by atoms with Gasteiger partial charge in [0.25, 0.3) is 5.91 Å². The molecular weight excluding hydrogens is 548 g/mol. The average molecular weight is 583 g/mol. The smallest absolute Gasteiger partial charge is 0.250 e. The Morgan fingerprint density at radius 1 is 0.953 bits per heavy atom. The molecule has 7 rings (SSSR count). The number of aliphatic hydroxyl groups is 1. The van der Waals surface area contributed by atoms with E-state index in [0.29, 0.717) is 18.5 Å². The maximum absolute atomic E-state index is 14.6. The maximum Gasteiger partial charge on any atom is 0.250 e. The number of anilines is 1. The SMILES string of the molecule is CC[C@]12C=CCN(c3ccccc3)C(=O)[C@H]1[C@H]1C(=O)N([C@H](C)CO)C3C(=O)N(Cn4nnc5ccccc54)CC=C[C@@]31O2. The highest BCUT2D eigenvalue weighted by atomic mass is 16.5. The van der Waals surface area contributed by atoms with Crippen molar-refractivity contribution in [3.05, 3.63) is 78.9 Å². The van der Waals surface area contributed by atoms with Crippen LogP contribution >= 0.6 is 0 Å². The molecule has 1 aromatic heterocycles. The summed E-state index contributed by atoms with van der Waals surface area (Å²) in [5, 5.41) is 18.7. The third-order valence-corrected chi connectivity index (χ3v) is 9.49. The van der Waals surface area contributed by atoms with E-state index in [9.17, 15) is 19.5 Å². The van der Waals surface area contributed by atoms with Gasteiger partial charge in [-0.1, -0.05) is 66.8 Å². The van der Waals surface area contributed by atoms with E-state index in [1.807, 2.05) is 85.8 Å². The fourth-order valence-electron chi connectivity index (χ4n) is 7.46. The highest BCUT2D eigenvalue weighted by molar-refractivity contribution is 6.04. The average Bonchev–Trinajstić information content (AvgIpc) is 3.58. The molecule has 0 bridgehead atoms. The van der Waals surface area contributed by atoms with Crippen molar-refractivity contribution in [3.8, 4) is 0 Å². The molecule has 6 atom stereocenters. The highest BCUT2D eigenvalue weighted by Crippen LogP contribution is 2.59. The van der Waals surface area contributed by atoms with Crippen molar-refractivity contribution in [1.82, 2.24) is 24.8 Å². The molecule has 2 aromatic carbocycles. The number of amides is 3. The molecule has 43 heavy (non-hydrogen) atoms. The van der Waals surface area contributed by atoms with Gasteiger partial charge in [-0.25, -0.2) is 4.68 Å². The predicted octanol–water partition coefficient (Wildman–Crippen LogP) is 2.13. The van der Waals surface area contributed by atoms with Gasteiger partial charge < -0.3 is 24.5 Å². The second-order valence-corrected chi connectivity index (χ2v) is 11.8. The Morgan fingerprint density at radius 2 is 1.70 bits per heavy atom. The van der Waals surface area contributed by atoms with Crippen LogP contribution < -0.4 is 4.90 Å². The summed E-state index contributed by atoms with van der Waals surface area (Å²) in [7, 11) is 0. The number of hydrogen-bond acceptors (Lipinski definition) is 7. The largest absolute Gasteiger partial charge is 0.394 e. The highest BCUT2D eigenvalue weighted by Gasteiger charge is 2.75. The number of carbonyl (C=O) groups excluding carboxylic acids is 3. The summed E-state index contributed by atoms with van der Waals surface area (Å²) < 4.78 is 8.66. The van der Waals surface area contributed by atoms with Crippen LogP contribution in [0.4, 0.5) is 5.69 Å². The quantitative estimate of drug-likeness (QED) is 0.442. The summed E-state index contributed by atoms with van der Waals surface area (Å²) in [4.78, 5) is 48.4. The number of likely N-dealkylation sites (tertiary alicyclic amines) is 1. The van der Waals surface area contributed by atoms with Gasteiger partial charge in [-0.05, 0) is 37.6 Å². The molecule has 1 spiro atoms. The summed E-state index contributed by atoms with van der Waals surface area (Å²) in [6.45, 7) is 4.01. The Hall–Kier alpha value is -4.35. The van der Waals surface area contributed by atoms with E-state index in [4.69, 9.17) is 4.74 Å². The van der Waals surface area contributed by atoms with Crippen LogP contribution in [0.15, 0.2) is 78.9 Å². The molecule has 3 aromatic rings. The Labute approximate surface area is 249 Å². The van der Waals surface area contributed by atoms with Crippen molar-refractivity contribution >= 4 is 34.4 Å². The summed E-state index contributed by atoms with van der Waals surface area (Å²) >= 11 is 0. The van der Waals surface area contributed by atoms with Crippen LogP contribution in [0.3, 0.4) is 0 Å². The monoisotopic (exact) mass is 582 g/mol. The van der Waals surface area contributed by atoms with Crippen molar-refractivity contribution in [2.75, 3.05) is 24.6 Å². The molecule has 0 saturated carbocycles. The molecule has 4 aliphatic rings. The van der Waals surface area contributed by atoms with Crippen LogP contribution in [0.25, 0.3) is 11.0 Å². The lowest BCUT2D eigenvalue weighted by Crippen LogP contribution is -2.58. The molecule has 0 radical (unpaired) electrons. The number of ether oxygens (including phenoxy) is 1. The summed E-state index contributed by atoms with van der Waals surface area (Å²) in [5.41, 5.74) is -0.278. The molecule has 11 heteroatoms. The fourth-order valence-corrected chi connectivity index (χ4v) is 7.46. The van der Waals surface area contributed by atoms with Gasteiger partial charge in [-0.15, -0.1) is 5.10 Å². The number of hydrogen-bond donors (Lipinski definition) is 1. The maximum atomic E-state index is 14.6. The minimum Gasteiger partial charge on any atom is -0.394 e. The predicted molar refractivity (Wildman–Crippen MR) is 157 cm³/mol. The fraction of sp³-hybridized carbons (Fsp3) is 0.406. The van der Waals surface area contributed by atoms with Gasteiger partial charge in [-0.3, -0.25) is 14.4 Å². The van der Waals surface area contributed by atoms with Crippen molar-refractivity contribution < 1.29 is 24.2 Å². The van der Waals surface area contributed by atoms with Crippen molar-refractivity contribution in [2.45, 2.75) is 50.2 Å². The van der Waals surface area contributed by atoms with E-state index < -0.39 is 35.1 Å². The van der Waals surface area contributed by atoms with Crippen molar-refractivity contribution in [2.24, 2.45) is 11.8 Å². The van der Waals surface area contributed by atoms with E-state index >= 15 is 0 Å². The molecule has 222 valence electrons. The number of para-hydroxylation sites is 2. The Balaban J connectivity index is 1.33. The van der Waals surface area contributed by atoms with E-state index in [1.54, 1.807) is 21.4 Å². The van der Waals surface area contributed by atoms with Gasteiger partial charge in [-0.2, -0.15) is 0 Å². The lowest BCUT2D eigenvalue weighted by Gasteiger charge is -2.40. The van der Waals surface area contributed by atoms with Crippen LogP contribution in [0.2, 0.25) is 0 Å². The van der Waals surface area contributed by atoms with Gasteiger partial charge in [0.2, 0.25) is 11.8 Å². The third-order valence-electron chi connectivity index (χ3n) is 9.49. The van der Waals surface area contributed by atoms with Gasteiger partial charge in [0.05, 0.1) is 35.6 Å². The molecule has 5 heterocycles. The molecule has 0 aliphatic carbocycles. The Bertz CT molecular complexity index is 1650. The molecule has 1 N–H and O–H groups in total. The standard InChI is InChI=1S/C32H34N6O5/c1-3-31-15-9-18-36(22-11-5-4-6-12-22)28(40)25(31)26-29(41)38(21(2)19-39)27-30(42)35(17-10-16-32(26,27)43-31)20-37-24-14-8-7-13-23(24)33-34-37/h4-16,21,25-27,39H,3,17-20H2,1-2H3/t21-,25-,26+,27?,31+,32+/m1/s1. The van der Waals surface area contributed by atoms with Gasteiger partial charge in [0.15, 0.2) is 0 Å². The molecular formula is C32H34N6O5. The number of carbonyl (C=O) groups is 3. The first-order chi connectivity index (χ1) is 20.8. The minimum absolute atomic E-state index is 0.111. The zero-order valence-electron chi connectivity index (χ0n) is 24.1. The van der Waals surface area contributed by atoms with Crippen LogP contribution in [-0.2, 0) is 25.8 Å². The first-order valence-electron chi connectivity index (χ1n) is 14.8. The molecule has 3 amide bonds. The number of fused-ring (bicyclic) bond motifs is 3. The summed E-state index contributed by atoms with van der Waals surface area (Å²) in [6.07, 6.45) is 7.94. The van der Waals surface area contributed by atoms with E-state index in [-0.39, 0.29) is 37.5 Å². The van der Waals surface area contributed by atoms with Gasteiger partial charge in [0, 0.05) is 18.8 Å². The van der Waals surface area contributed by atoms with Crippen LogP contribution in [0.1, 0.15) is 20.3 Å². The summed E-state index contributed by atoms with van der Waals surface area (Å²) in [5.74, 6) is -2.75. The number of aliphatic hydroxyl groups excluding tert-OH is 1. The Morgan fingerprint density at radius 3 is 2.47 bits per heavy atom. The second kappa shape index (κ2) is 10.1. The zero-order chi connectivity index (χ0) is 29.9. The number of benzene rings is 2. The van der Waals surface area contributed by atoms with Gasteiger partial charge >= 0.3 is 0 Å². The number of nitrogens with zero attached hydrogens (tertiary/aromatic N) is 6. The molecule has 2 saturated heterocycles. The third kappa shape index (κ3) is 3.91. The molecule has 4 aliphatic heterocycles. The number of rotatable bonds is 6. The van der Waals surface area contributed by atoms with Crippen LogP contribution in [0.5, 0.6) is 0 Å². The lowest BCUT2D eigenvalue weighted by atomic mass is 9.73. The Kier molecular flexibility index (Phi) is 6.48. The lowest BCUT2D eigenvalue weighted by molar-refractivity contribution is -0.156. The van der Waals surface area contributed by atoms with E-state index in [0.717, 1.165) is 11.2 Å². The zero-order valence-corrected chi connectivity index (χ0v) is 24.1.